The first kappa shape index (κ1) is 36.4. The average Bonchev–Trinajstić information content (AvgIpc) is 3.25. The van der Waals surface area contributed by atoms with Crippen molar-refractivity contribution in [2.45, 2.75) is 191 Å². The van der Waals surface area contributed by atoms with Gasteiger partial charge in [0.15, 0.2) is 0 Å². The smallest absolute Gasteiger partial charge is 0.0768 e. The molecule has 0 aromatic rings. The SMILES string of the molecule is CCB(CC)C1C(CC)C([Si](C)(C)C)[Si]2(C([Si](C)(C)C)C(CC)C(B(CC)CC)C2[Si](C)(C)C)C1[Si](C)(C)C. The molecule has 0 aliphatic carbocycles. The Balaban J connectivity index is 3.30. The van der Waals surface area contributed by atoms with Gasteiger partial charge >= 0.3 is 0 Å². The predicted molar refractivity (Wildman–Crippen MR) is 203 cm³/mol. The molecular formula is C32H74B2Si5. The fourth-order valence-corrected chi connectivity index (χ4v) is 60.3. The van der Waals surface area contributed by atoms with Gasteiger partial charge in [0.2, 0.25) is 0 Å². The van der Waals surface area contributed by atoms with Crippen LogP contribution in [0, 0.1) is 11.8 Å². The summed E-state index contributed by atoms with van der Waals surface area (Å²) in [5.41, 5.74) is 0. The Morgan fingerprint density at radius 2 is 0.641 bits per heavy atom. The minimum absolute atomic E-state index is 0.953. The molecule has 0 radical (unpaired) electrons. The molecule has 2 saturated heterocycles. The molecule has 0 nitrogen and oxygen atoms in total. The van der Waals surface area contributed by atoms with Gasteiger partial charge in [-0.25, -0.2) is 0 Å². The van der Waals surface area contributed by atoms with Crippen LogP contribution in [-0.4, -0.2) is 53.8 Å². The molecule has 0 amide bonds. The molecule has 2 aliphatic rings. The maximum absolute atomic E-state index is 2.88. The molecular weight excluding hydrogens is 546 g/mol. The second-order valence-electron chi connectivity index (χ2n) is 18.8. The van der Waals surface area contributed by atoms with Crippen molar-refractivity contribution in [3.63, 3.8) is 0 Å². The summed E-state index contributed by atoms with van der Waals surface area (Å²) in [4.78, 5) is 0. The van der Waals surface area contributed by atoms with Crippen molar-refractivity contribution < 1.29 is 0 Å². The molecule has 39 heavy (non-hydrogen) atoms. The van der Waals surface area contributed by atoms with Gasteiger partial charge in [0.05, 0.1) is 8.07 Å². The van der Waals surface area contributed by atoms with Gasteiger partial charge < -0.3 is 0 Å². The Labute approximate surface area is 255 Å². The van der Waals surface area contributed by atoms with E-state index in [0.29, 0.717) is 0 Å². The first-order valence-electron chi connectivity index (χ1n) is 17.7. The zero-order valence-electron chi connectivity index (χ0n) is 30.5. The Morgan fingerprint density at radius 3 is 0.795 bits per heavy atom. The van der Waals surface area contributed by atoms with Crippen LogP contribution in [0.3, 0.4) is 0 Å². The van der Waals surface area contributed by atoms with E-state index < -0.39 is 40.4 Å². The van der Waals surface area contributed by atoms with E-state index in [4.69, 9.17) is 0 Å². The highest BCUT2D eigenvalue weighted by molar-refractivity contribution is 7.19. The van der Waals surface area contributed by atoms with E-state index in [-0.39, 0.29) is 0 Å². The van der Waals surface area contributed by atoms with Gasteiger partial charge in [-0.1, -0.05) is 180 Å². The van der Waals surface area contributed by atoms with Crippen LogP contribution < -0.4 is 0 Å². The molecule has 2 heterocycles. The van der Waals surface area contributed by atoms with Crippen LogP contribution in [-0.2, 0) is 0 Å². The Bertz CT molecular complexity index is 716. The quantitative estimate of drug-likeness (QED) is 0.190. The molecule has 7 heteroatoms. The summed E-state index contributed by atoms with van der Waals surface area (Å²) >= 11 is 0. The van der Waals surface area contributed by atoms with Crippen LogP contribution in [0.1, 0.15) is 54.4 Å². The number of hydrogen-bond donors (Lipinski definition) is 0. The second kappa shape index (κ2) is 12.7. The van der Waals surface area contributed by atoms with Gasteiger partial charge in [-0.2, -0.15) is 0 Å². The van der Waals surface area contributed by atoms with Crippen molar-refractivity contribution in [1.29, 1.82) is 0 Å². The Morgan fingerprint density at radius 1 is 0.410 bits per heavy atom. The van der Waals surface area contributed by atoms with E-state index >= 15 is 0 Å². The predicted octanol–water partition coefficient (Wildman–Crippen LogP) is 12.3. The van der Waals surface area contributed by atoms with E-state index in [1.165, 1.54) is 38.1 Å². The first-order valence-corrected chi connectivity index (χ1v) is 34.3. The lowest BCUT2D eigenvalue weighted by Gasteiger charge is -2.59. The van der Waals surface area contributed by atoms with Gasteiger partial charge in [0, 0.05) is 32.3 Å². The maximum Gasteiger partial charge on any atom is 0.142 e. The van der Waals surface area contributed by atoms with Gasteiger partial charge in [-0.15, -0.1) is 0 Å². The van der Waals surface area contributed by atoms with E-state index in [1.807, 2.05) is 0 Å². The molecule has 0 bridgehead atoms. The molecule has 0 aromatic carbocycles. The highest BCUT2D eigenvalue weighted by Crippen LogP contribution is 2.81. The highest BCUT2D eigenvalue weighted by atomic mass is 28.5. The Hall–Kier alpha value is 1.21. The summed E-state index contributed by atoms with van der Waals surface area (Å²) in [7, 11) is -7.48. The van der Waals surface area contributed by atoms with Crippen LogP contribution in [0.2, 0.25) is 136 Å². The summed E-state index contributed by atoms with van der Waals surface area (Å²) in [5.74, 6) is 4.08. The fourth-order valence-electron chi connectivity index (χ4n) is 12.9. The normalized spacial score (nSPS) is 36.2. The van der Waals surface area contributed by atoms with E-state index in [0.717, 1.165) is 57.6 Å². The zero-order chi connectivity index (χ0) is 30.5. The molecule has 2 aliphatic heterocycles. The summed E-state index contributed by atoms with van der Waals surface area (Å²) < 4.78 is 0. The summed E-state index contributed by atoms with van der Waals surface area (Å²) in [5, 5.41) is 4.55. The third-order valence-corrected chi connectivity index (χ3v) is 44.0. The van der Waals surface area contributed by atoms with Gasteiger partial charge in [0.1, 0.15) is 13.4 Å². The zero-order valence-corrected chi connectivity index (χ0v) is 35.5. The van der Waals surface area contributed by atoms with Gasteiger partial charge in [-0.05, 0) is 22.2 Å². The average molecular weight is 621 g/mol. The minimum atomic E-state index is -1.77. The van der Waals surface area contributed by atoms with Crippen LogP contribution in [0.25, 0.3) is 0 Å². The molecule has 228 valence electrons. The largest absolute Gasteiger partial charge is 0.142 e. The maximum atomic E-state index is 2.88. The monoisotopic (exact) mass is 620 g/mol. The van der Waals surface area contributed by atoms with E-state index in [1.54, 1.807) is 0 Å². The molecule has 8 unspecified atom stereocenters. The standard InChI is InChI=1S/C32H74B2Si5/c1-19-25-27(33(21-3)22-4)31(37(13,14)15)39(29(25)35(7,8)9)30(36(10,11)12)26(20-2)28(34(23-5)24-6)32(39)38(16,17)18/h25-32H,19-24H2,1-18H3. The van der Waals surface area contributed by atoms with Crippen LogP contribution in [0.4, 0.5) is 0 Å². The van der Waals surface area contributed by atoms with Crippen LogP contribution in [0.5, 0.6) is 0 Å². The third kappa shape index (κ3) is 6.25. The van der Waals surface area contributed by atoms with Crippen LogP contribution in [0.15, 0.2) is 0 Å². The lowest BCUT2D eigenvalue weighted by molar-refractivity contribution is 0.515. The van der Waals surface area contributed by atoms with Crippen LogP contribution >= 0.6 is 0 Å². The molecule has 0 N–H and O–H groups in total. The molecule has 2 fully saturated rings. The Kier molecular flexibility index (Phi) is 11.8. The molecule has 2 rings (SSSR count). The van der Waals surface area contributed by atoms with Crippen molar-refractivity contribution in [2.24, 2.45) is 11.8 Å². The number of hydrogen-bond acceptors (Lipinski definition) is 0. The van der Waals surface area contributed by atoms with Crippen molar-refractivity contribution in [3.8, 4) is 0 Å². The van der Waals surface area contributed by atoms with Crippen molar-refractivity contribution in [3.05, 3.63) is 0 Å². The lowest BCUT2D eigenvalue weighted by atomic mass is 9.36. The van der Waals surface area contributed by atoms with Gasteiger partial charge in [-0.3, -0.25) is 0 Å². The van der Waals surface area contributed by atoms with Crippen molar-refractivity contribution in [1.82, 2.24) is 0 Å². The first-order chi connectivity index (χ1) is 17.7. The summed E-state index contributed by atoms with van der Waals surface area (Å²) in [6.07, 6.45) is 8.62. The number of rotatable bonds is 12. The fraction of sp³-hybridized carbons (Fsp3) is 1.00. The third-order valence-electron chi connectivity index (χ3n) is 12.6. The van der Waals surface area contributed by atoms with Crippen molar-refractivity contribution >= 4 is 53.8 Å². The van der Waals surface area contributed by atoms with Gasteiger partial charge in [0.25, 0.3) is 0 Å². The van der Waals surface area contributed by atoms with E-state index in [2.05, 4.69) is 120 Å². The molecule has 0 aromatic heterocycles. The summed E-state index contributed by atoms with van der Waals surface area (Å²) in [6.45, 7) is 52.0. The lowest BCUT2D eigenvalue weighted by Crippen LogP contribution is -2.66. The molecule has 1 spiro atoms. The van der Waals surface area contributed by atoms with Crippen molar-refractivity contribution in [2.75, 3.05) is 0 Å². The molecule has 0 saturated carbocycles. The highest BCUT2D eigenvalue weighted by Gasteiger charge is 2.79. The summed E-state index contributed by atoms with van der Waals surface area (Å²) in [6, 6.07) is 0. The second-order valence-corrected chi connectivity index (χ2v) is 47.0. The minimum Gasteiger partial charge on any atom is -0.0768 e. The topological polar surface area (TPSA) is 0 Å². The van der Waals surface area contributed by atoms with E-state index in [9.17, 15) is 0 Å². The molecule has 8 atom stereocenters.